The number of carbonyl (C=O) groups excluding carboxylic acids is 1. The number of nitrogens with zero attached hydrogens (tertiary/aromatic N) is 1. The third-order valence-electron chi connectivity index (χ3n) is 4.43. The second-order valence-corrected chi connectivity index (χ2v) is 9.93. The zero-order chi connectivity index (χ0) is 21.4. The molecular weight excluding hydrogens is 420 g/mol. The molecule has 0 aromatic heterocycles. The van der Waals surface area contributed by atoms with Gasteiger partial charge in [-0.15, -0.1) is 0 Å². The number of carbonyl (C=O) groups is 1. The summed E-state index contributed by atoms with van der Waals surface area (Å²) in [6.07, 6.45) is -0.139. The van der Waals surface area contributed by atoms with Crippen molar-refractivity contribution in [1.29, 1.82) is 0 Å². The van der Waals surface area contributed by atoms with E-state index in [1.54, 1.807) is 13.0 Å². The first-order valence-electron chi connectivity index (χ1n) is 8.50. The van der Waals surface area contributed by atoms with Gasteiger partial charge in [0.15, 0.2) is 0 Å². The minimum Gasteiger partial charge on any atom is -0.497 e. The highest BCUT2D eigenvalue weighted by atomic mass is 32.2. The summed E-state index contributed by atoms with van der Waals surface area (Å²) in [7, 11) is -5.05. The average Bonchev–Trinajstić information content (AvgIpc) is 2.95. The molecule has 1 aliphatic rings. The van der Waals surface area contributed by atoms with Gasteiger partial charge >= 0.3 is 0 Å². The first-order chi connectivity index (χ1) is 13.6. The van der Waals surface area contributed by atoms with E-state index in [1.807, 2.05) is 0 Å². The lowest BCUT2D eigenvalue weighted by Crippen LogP contribution is -2.29. The average molecular weight is 440 g/mol. The van der Waals surface area contributed by atoms with Crippen LogP contribution in [-0.4, -0.2) is 42.7 Å². The molecule has 0 aliphatic carbocycles. The van der Waals surface area contributed by atoms with Crippen LogP contribution in [0.4, 0.5) is 11.4 Å². The van der Waals surface area contributed by atoms with Gasteiger partial charge in [0.05, 0.1) is 36.2 Å². The van der Waals surface area contributed by atoms with E-state index >= 15 is 0 Å². The molecule has 1 saturated heterocycles. The van der Waals surface area contributed by atoms with E-state index in [9.17, 15) is 21.6 Å². The Morgan fingerprint density at radius 1 is 1.07 bits per heavy atom. The van der Waals surface area contributed by atoms with Crippen molar-refractivity contribution in [2.45, 2.75) is 18.2 Å². The SMILES string of the molecule is COc1ccc(NS(=O)(=O)c2cc(N3C(=O)CCS3(=O)=O)ccc2C)c(OC)c1. The first-order valence-corrected chi connectivity index (χ1v) is 11.6. The Morgan fingerprint density at radius 3 is 2.38 bits per heavy atom. The highest BCUT2D eigenvalue weighted by Gasteiger charge is 2.37. The number of hydrogen-bond acceptors (Lipinski definition) is 7. The summed E-state index contributed by atoms with van der Waals surface area (Å²) in [6.45, 7) is 1.57. The maximum absolute atomic E-state index is 13.0. The predicted molar refractivity (Wildman–Crippen MR) is 107 cm³/mol. The standard InChI is InChI=1S/C18H20N2O7S2/c1-12-4-5-13(20-18(21)8-9-28(20,22)23)10-17(12)29(24,25)19-15-7-6-14(26-2)11-16(15)27-3/h4-7,10-11,19H,8-9H2,1-3H3. The van der Waals surface area contributed by atoms with Crippen LogP contribution in [0, 0.1) is 6.92 Å². The topological polar surface area (TPSA) is 119 Å². The fraction of sp³-hybridized carbons (Fsp3) is 0.278. The minimum atomic E-state index is -4.11. The number of anilines is 2. The van der Waals surface area contributed by atoms with E-state index < -0.39 is 26.0 Å². The Labute approximate surface area is 169 Å². The highest BCUT2D eigenvalue weighted by Crippen LogP contribution is 2.33. The van der Waals surface area contributed by atoms with Crippen LogP contribution in [0.2, 0.25) is 0 Å². The van der Waals surface area contributed by atoms with Crippen molar-refractivity contribution in [1.82, 2.24) is 0 Å². The van der Waals surface area contributed by atoms with E-state index in [0.717, 1.165) is 0 Å². The van der Waals surface area contributed by atoms with Gasteiger partial charge in [0.1, 0.15) is 11.5 Å². The Kier molecular flexibility index (Phi) is 5.46. The quantitative estimate of drug-likeness (QED) is 0.728. The lowest BCUT2D eigenvalue weighted by atomic mass is 10.2. The van der Waals surface area contributed by atoms with E-state index in [0.29, 0.717) is 15.6 Å². The number of ether oxygens (including phenoxy) is 2. The van der Waals surface area contributed by atoms with Crippen LogP contribution in [0.5, 0.6) is 11.5 Å². The monoisotopic (exact) mass is 440 g/mol. The molecule has 2 aromatic rings. The van der Waals surface area contributed by atoms with E-state index in [-0.39, 0.29) is 34.2 Å². The molecular formula is C18H20N2O7S2. The van der Waals surface area contributed by atoms with E-state index in [4.69, 9.17) is 9.47 Å². The molecule has 11 heteroatoms. The lowest BCUT2D eigenvalue weighted by molar-refractivity contribution is -0.116. The molecule has 9 nitrogen and oxygen atoms in total. The Balaban J connectivity index is 2.03. The van der Waals surface area contributed by atoms with Gasteiger partial charge < -0.3 is 9.47 Å². The number of rotatable bonds is 6. The summed E-state index contributed by atoms with van der Waals surface area (Å²) >= 11 is 0. The third-order valence-corrected chi connectivity index (χ3v) is 7.63. The molecule has 0 radical (unpaired) electrons. The highest BCUT2D eigenvalue weighted by molar-refractivity contribution is 7.94. The molecule has 0 bridgehead atoms. The first kappa shape index (κ1) is 20.9. The van der Waals surface area contributed by atoms with Gasteiger partial charge in [0.2, 0.25) is 15.9 Å². The Morgan fingerprint density at radius 2 is 1.79 bits per heavy atom. The Hall–Kier alpha value is -2.79. The van der Waals surface area contributed by atoms with Gasteiger partial charge in [-0.1, -0.05) is 6.07 Å². The largest absolute Gasteiger partial charge is 0.497 e. The van der Waals surface area contributed by atoms with Gasteiger partial charge in [-0.25, -0.2) is 21.1 Å². The summed E-state index contributed by atoms with van der Waals surface area (Å²) in [5.41, 5.74) is 0.556. The van der Waals surface area contributed by atoms with Crippen molar-refractivity contribution in [3.8, 4) is 11.5 Å². The molecule has 0 saturated carbocycles. The molecule has 1 amide bonds. The fourth-order valence-electron chi connectivity index (χ4n) is 2.96. The molecule has 0 spiro atoms. The molecule has 0 unspecified atom stereocenters. The summed E-state index contributed by atoms with van der Waals surface area (Å²) in [6, 6.07) is 8.62. The molecule has 0 atom stereocenters. The van der Waals surface area contributed by atoms with Crippen LogP contribution in [-0.2, 0) is 24.8 Å². The Bertz CT molecular complexity index is 1170. The van der Waals surface area contributed by atoms with Crippen molar-refractivity contribution >= 4 is 37.3 Å². The zero-order valence-electron chi connectivity index (χ0n) is 16.0. The number of benzene rings is 2. The maximum atomic E-state index is 13.0. The number of nitrogens with one attached hydrogen (secondary N) is 1. The van der Waals surface area contributed by atoms with Gasteiger partial charge in [-0.2, -0.15) is 0 Å². The van der Waals surface area contributed by atoms with Gasteiger partial charge in [0, 0.05) is 12.5 Å². The fourth-order valence-corrected chi connectivity index (χ4v) is 5.74. The van der Waals surface area contributed by atoms with Gasteiger partial charge in [-0.05, 0) is 36.8 Å². The summed E-state index contributed by atoms with van der Waals surface area (Å²) < 4.78 is 63.7. The molecule has 29 heavy (non-hydrogen) atoms. The molecule has 2 aromatic carbocycles. The van der Waals surface area contributed by atoms with Crippen LogP contribution in [0.25, 0.3) is 0 Å². The number of sulfonamides is 2. The second-order valence-electron chi connectivity index (χ2n) is 6.35. The van der Waals surface area contributed by atoms with Crippen molar-refractivity contribution in [3.05, 3.63) is 42.0 Å². The summed E-state index contributed by atoms with van der Waals surface area (Å²) in [5.74, 6) is -0.162. The van der Waals surface area contributed by atoms with Crippen molar-refractivity contribution in [3.63, 3.8) is 0 Å². The number of aryl methyl sites for hydroxylation is 1. The molecule has 1 fully saturated rings. The number of amides is 1. The number of hydrogen-bond donors (Lipinski definition) is 1. The van der Waals surface area contributed by atoms with Crippen LogP contribution < -0.4 is 18.5 Å². The molecule has 156 valence electrons. The second kappa shape index (κ2) is 7.56. The predicted octanol–water partition coefficient (Wildman–Crippen LogP) is 1.88. The third kappa shape index (κ3) is 4.01. The van der Waals surface area contributed by atoms with Gasteiger partial charge in [0.25, 0.3) is 10.0 Å². The van der Waals surface area contributed by atoms with Crippen LogP contribution in [0.1, 0.15) is 12.0 Å². The zero-order valence-corrected chi connectivity index (χ0v) is 17.6. The van der Waals surface area contributed by atoms with Crippen molar-refractivity contribution in [2.24, 2.45) is 0 Å². The lowest BCUT2D eigenvalue weighted by Gasteiger charge is -2.18. The van der Waals surface area contributed by atoms with Crippen LogP contribution in [0.15, 0.2) is 41.3 Å². The summed E-state index contributed by atoms with van der Waals surface area (Å²) in [4.78, 5) is 11.9. The van der Waals surface area contributed by atoms with Crippen molar-refractivity contribution < 1.29 is 31.1 Å². The maximum Gasteiger partial charge on any atom is 0.262 e. The molecule has 1 aliphatic heterocycles. The molecule has 1 N–H and O–H groups in total. The van der Waals surface area contributed by atoms with Crippen molar-refractivity contribution in [2.75, 3.05) is 29.0 Å². The molecule has 1 heterocycles. The van der Waals surface area contributed by atoms with Gasteiger partial charge in [-0.3, -0.25) is 9.52 Å². The van der Waals surface area contributed by atoms with Crippen LogP contribution in [0.3, 0.4) is 0 Å². The smallest absolute Gasteiger partial charge is 0.262 e. The van der Waals surface area contributed by atoms with E-state index in [2.05, 4.69) is 4.72 Å². The normalized spacial score (nSPS) is 16.0. The minimum absolute atomic E-state index is 0.0137. The van der Waals surface area contributed by atoms with E-state index in [1.165, 1.54) is 44.6 Å². The molecule has 3 rings (SSSR count). The number of methoxy groups -OCH3 is 2. The van der Waals surface area contributed by atoms with Crippen LogP contribution >= 0.6 is 0 Å². The summed E-state index contributed by atoms with van der Waals surface area (Å²) in [5, 5.41) is 0.